The summed E-state index contributed by atoms with van der Waals surface area (Å²) in [7, 11) is 0. The normalized spacial score (nSPS) is 10.4. The molecule has 3 rings (SSSR count). The van der Waals surface area contributed by atoms with Gasteiger partial charge in [0.1, 0.15) is 0 Å². The first kappa shape index (κ1) is 17.9. The maximum absolute atomic E-state index is 12.8. The van der Waals surface area contributed by atoms with Gasteiger partial charge in [0.05, 0.1) is 12.2 Å². The first-order valence-corrected chi connectivity index (χ1v) is 8.79. The lowest BCUT2D eigenvalue weighted by Crippen LogP contribution is -2.16. The van der Waals surface area contributed by atoms with Gasteiger partial charge in [0.25, 0.3) is 0 Å². The first-order valence-electron chi connectivity index (χ1n) is 8.00. The monoisotopic (exact) mass is 410 g/mol. The van der Waals surface area contributed by atoms with Crippen LogP contribution in [0.4, 0.5) is 0 Å². The molecule has 0 atom stereocenters. The topological polar surface area (TPSA) is 69.2 Å². The van der Waals surface area contributed by atoms with E-state index in [1.165, 1.54) is 6.20 Å². The Morgan fingerprint density at radius 1 is 1.04 bits per heavy atom. The molecule has 0 aliphatic rings. The number of hydrogen-bond acceptors (Lipinski definition) is 5. The third-order valence-corrected chi connectivity index (χ3v) is 4.17. The van der Waals surface area contributed by atoms with Crippen LogP contribution < -0.4 is 0 Å². The van der Waals surface area contributed by atoms with E-state index in [1.807, 2.05) is 30.3 Å². The van der Waals surface area contributed by atoms with Crippen LogP contribution in [0.2, 0.25) is 0 Å². The largest absolute Gasteiger partial charge is 0.461 e. The molecular weight excluding hydrogens is 396 g/mol. The van der Waals surface area contributed by atoms with Crippen LogP contribution in [-0.2, 0) is 4.74 Å². The molecule has 0 aliphatic heterocycles. The number of rotatable bonds is 5. The number of hydrogen-bond donors (Lipinski definition) is 0. The third kappa shape index (κ3) is 3.86. The molecular formula is C20H15BrN2O3. The van der Waals surface area contributed by atoms with Gasteiger partial charge in [-0.15, -0.1) is 0 Å². The number of carbonyl (C=O) groups excluding carboxylic acids is 2. The second-order valence-corrected chi connectivity index (χ2v) is 6.29. The molecule has 0 radical (unpaired) electrons. The zero-order valence-corrected chi connectivity index (χ0v) is 15.6. The van der Waals surface area contributed by atoms with Gasteiger partial charge < -0.3 is 4.74 Å². The molecule has 0 fully saturated rings. The van der Waals surface area contributed by atoms with Gasteiger partial charge in [-0.05, 0) is 31.2 Å². The summed E-state index contributed by atoms with van der Waals surface area (Å²) in [6.07, 6.45) is 1.38. The minimum atomic E-state index is -0.646. The number of ether oxygens (including phenoxy) is 1. The highest BCUT2D eigenvalue weighted by molar-refractivity contribution is 9.10. The Bertz CT molecular complexity index is 941. The van der Waals surface area contributed by atoms with E-state index < -0.39 is 5.97 Å². The van der Waals surface area contributed by atoms with Gasteiger partial charge in [-0.3, -0.25) is 4.79 Å². The lowest BCUT2D eigenvalue weighted by Gasteiger charge is -2.09. The summed E-state index contributed by atoms with van der Waals surface area (Å²) >= 11 is 3.33. The van der Waals surface area contributed by atoms with Crippen molar-refractivity contribution in [2.75, 3.05) is 6.61 Å². The molecule has 5 nitrogen and oxygen atoms in total. The van der Waals surface area contributed by atoms with Crippen LogP contribution in [0, 0.1) is 0 Å². The molecule has 1 heterocycles. The Morgan fingerprint density at radius 2 is 1.73 bits per heavy atom. The Morgan fingerprint density at radius 3 is 2.38 bits per heavy atom. The number of esters is 1. The van der Waals surface area contributed by atoms with Crippen molar-refractivity contribution in [2.24, 2.45) is 0 Å². The minimum absolute atomic E-state index is 0.0337. The second kappa shape index (κ2) is 8.01. The van der Waals surface area contributed by atoms with Gasteiger partial charge in [-0.2, -0.15) is 0 Å². The summed E-state index contributed by atoms with van der Waals surface area (Å²) in [6, 6.07) is 16.1. The summed E-state index contributed by atoms with van der Waals surface area (Å²) in [4.78, 5) is 33.8. The summed E-state index contributed by atoms with van der Waals surface area (Å²) in [5.74, 6) is -0.617. The molecule has 3 aromatic rings. The number of carbonyl (C=O) groups is 2. The zero-order chi connectivity index (χ0) is 18.5. The maximum Gasteiger partial charge on any atom is 0.357 e. The molecule has 2 aromatic carbocycles. The zero-order valence-electron chi connectivity index (χ0n) is 14.0. The molecule has 0 unspecified atom stereocenters. The van der Waals surface area contributed by atoms with Gasteiger partial charge >= 0.3 is 5.97 Å². The van der Waals surface area contributed by atoms with E-state index in [0.29, 0.717) is 11.4 Å². The molecule has 130 valence electrons. The van der Waals surface area contributed by atoms with Gasteiger partial charge in [0.2, 0.25) is 0 Å². The average molecular weight is 411 g/mol. The molecule has 0 saturated carbocycles. The van der Waals surface area contributed by atoms with Crippen molar-refractivity contribution in [3.05, 3.63) is 82.1 Å². The van der Waals surface area contributed by atoms with Gasteiger partial charge in [-0.25, -0.2) is 14.8 Å². The van der Waals surface area contributed by atoms with E-state index in [-0.39, 0.29) is 23.6 Å². The van der Waals surface area contributed by atoms with Crippen LogP contribution in [0.5, 0.6) is 0 Å². The fourth-order valence-electron chi connectivity index (χ4n) is 2.39. The number of nitrogens with zero attached hydrogens (tertiary/aromatic N) is 2. The molecule has 0 bridgehead atoms. The van der Waals surface area contributed by atoms with Crippen LogP contribution in [0.25, 0.3) is 11.4 Å². The fraction of sp³-hybridized carbons (Fsp3) is 0.100. The Kier molecular flexibility index (Phi) is 5.53. The fourth-order valence-corrected chi connectivity index (χ4v) is 2.65. The van der Waals surface area contributed by atoms with E-state index in [0.717, 1.165) is 10.0 Å². The maximum atomic E-state index is 12.8. The van der Waals surface area contributed by atoms with E-state index in [2.05, 4.69) is 25.9 Å². The highest BCUT2D eigenvalue weighted by Crippen LogP contribution is 2.20. The van der Waals surface area contributed by atoms with Gasteiger partial charge in [0, 0.05) is 21.8 Å². The molecule has 0 aliphatic carbocycles. The summed E-state index contributed by atoms with van der Waals surface area (Å²) in [6.45, 7) is 1.89. The SMILES string of the molecule is CCOC(=O)c1nc(-c2ccccc2)ncc1C(=O)c1ccc(Br)cc1. The minimum Gasteiger partial charge on any atom is -0.461 e. The van der Waals surface area contributed by atoms with Crippen LogP contribution >= 0.6 is 15.9 Å². The van der Waals surface area contributed by atoms with Crippen LogP contribution in [0.3, 0.4) is 0 Å². The van der Waals surface area contributed by atoms with Crippen molar-refractivity contribution >= 4 is 27.7 Å². The lowest BCUT2D eigenvalue weighted by atomic mass is 10.0. The lowest BCUT2D eigenvalue weighted by molar-refractivity contribution is 0.0516. The molecule has 0 spiro atoms. The summed E-state index contributed by atoms with van der Waals surface area (Å²) < 4.78 is 5.93. The molecule has 0 N–H and O–H groups in total. The first-order chi connectivity index (χ1) is 12.6. The van der Waals surface area contributed by atoms with E-state index >= 15 is 0 Å². The smallest absolute Gasteiger partial charge is 0.357 e. The van der Waals surface area contributed by atoms with Crippen molar-refractivity contribution in [1.82, 2.24) is 9.97 Å². The number of aromatic nitrogens is 2. The predicted octanol–water partition coefficient (Wildman–Crippen LogP) is 4.31. The molecule has 0 saturated heterocycles. The Hall–Kier alpha value is -2.86. The summed E-state index contributed by atoms with van der Waals surface area (Å²) in [5, 5.41) is 0. The van der Waals surface area contributed by atoms with E-state index in [4.69, 9.17) is 4.74 Å². The molecule has 1 aromatic heterocycles. The van der Waals surface area contributed by atoms with Crippen LogP contribution in [-0.4, -0.2) is 28.3 Å². The number of halogens is 1. The molecule has 6 heteroatoms. The Labute approximate surface area is 159 Å². The van der Waals surface area contributed by atoms with Crippen LogP contribution in [0.1, 0.15) is 33.3 Å². The van der Waals surface area contributed by atoms with Crippen LogP contribution in [0.15, 0.2) is 65.3 Å². The average Bonchev–Trinajstić information content (AvgIpc) is 2.68. The summed E-state index contributed by atoms with van der Waals surface area (Å²) in [5.41, 5.74) is 1.27. The molecule has 0 amide bonds. The third-order valence-electron chi connectivity index (χ3n) is 3.64. The van der Waals surface area contributed by atoms with Crippen molar-refractivity contribution in [2.45, 2.75) is 6.92 Å². The number of benzene rings is 2. The second-order valence-electron chi connectivity index (χ2n) is 5.38. The molecule has 26 heavy (non-hydrogen) atoms. The van der Waals surface area contributed by atoms with Gasteiger partial charge in [0.15, 0.2) is 17.3 Å². The van der Waals surface area contributed by atoms with E-state index in [9.17, 15) is 9.59 Å². The number of ketones is 1. The van der Waals surface area contributed by atoms with Crippen molar-refractivity contribution < 1.29 is 14.3 Å². The highest BCUT2D eigenvalue weighted by atomic mass is 79.9. The van der Waals surface area contributed by atoms with E-state index in [1.54, 1.807) is 31.2 Å². The quantitative estimate of drug-likeness (QED) is 0.462. The standard InChI is InChI=1S/C20H15BrN2O3/c1-2-26-20(25)17-16(18(24)13-8-10-15(21)11-9-13)12-22-19(23-17)14-6-4-3-5-7-14/h3-12H,2H2,1H3. The van der Waals surface area contributed by atoms with Crippen molar-refractivity contribution in [3.63, 3.8) is 0 Å². The van der Waals surface area contributed by atoms with Crippen molar-refractivity contribution in [3.8, 4) is 11.4 Å². The predicted molar refractivity (Wildman–Crippen MR) is 101 cm³/mol. The van der Waals surface area contributed by atoms with Crippen molar-refractivity contribution in [1.29, 1.82) is 0 Å². The Balaban J connectivity index is 2.07. The van der Waals surface area contributed by atoms with Gasteiger partial charge in [-0.1, -0.05) is 46.3 Å². The highest BCUT2D eigenvalue weighted by Gasteiger charge is 2.23.